The van der Waals surface area contributed by atoms with Crippen molar-refractivity contribution in [3.63, 3.8) is 0 Å². The first-order valence-electron chi connectivity index (χ1n) is 7.76. The van der Waals surface area contributed by atoms with E-state index in [1.807, 2.05) is 24.3 Å². The molecule has 6 heteroatoms. The minimum absolute atomic E-state index is 0.522. The zero-order chi connectivity index (χ0) is 15.4. The van der Waals surface area contributed by atoms with Crippen molar-refractivity contribution >= 4 is 33.4 Å². The number of hydrogen-bond acceptors (Lipinski definition) is 5. The summed E-state index contributed by atoms with van der Waals surface area (Å²) in [4.78, 5) is 6.94. The van der Waals surface area contributed by atoms with Crippen molar-refractivity contribution in [1.82, 2.24) is 15.2 Å². The number of aromatic nitrogens is 3. The van der Waals surface area contributed by atoms with E-state index < -0.39 is 0 Å². The Hall–Kier alpha value is -1.69. The molecule has 1 aliphatic rings. The molecule has 2 aromatic rings. The largest absolute Gasteiger partial charge is 0.338 e. The lowest BCUT2D eigenvalue weighted by molar-refractivity contribution is 0.442. The van der Waals surface area contributed by atoms with Crippen molar-refractivity contribution in [3.05, 3.63) is 34.9 Å². The van der Waals surface area contributed by atoms with Crippen LogP contribution in [0.4, 0.5) is 17.5 Å². The second-order valence-corrected chi connectivity index (χ2v) is 6.35. The van der Waals surface area contributed by atoms with Gasteiger partial charge in [0.15, 0.2) is 5.82 Å². The standard InChI is InChI=1S/C16H20BrN5/c1-2-12-7-5-6-10-22(12)16-20-15(11-18-21-16)19-14-9-4-3-8-13(14)17/h3-4,8-9,11-12H,2,5-7,10H2,1H3,(H,19,20,21). The van der Waals surface area contributed by atoms with Crippen LogP contribution < -0.4 is 10.2 Å². The highest BCUT2D eigenvalue weighted by Gasteiger charge is 2.23. The highest BCUT2D eigenvalue weighted by Crippen LogP contribution is 2.26. The molecule has 3 rings (SSSR count). The molecule has 22 heavy (non-hydrogen) atoms. The van der Waals surface area contributed by atoms with Gasteiger partial charge in [-0.25, -0.2) is 0 Å². The van der Waals surface area contributed by atoms with Crippen molar-refractivity contribution in [1.29, 1.82) is 0 Å². The normalized spacial score (nSPS) is 18.3. The predicted octanol–water partition coefficient (Wildman–Crippen LogP) is 4.15. The van der Waals surface area contributed by atoms with Crippen molar-refractivity contribution in [2.75, 3.05) is 16.8 Å². The van der Waals surface area contributed by atoms with E-state index >= 15 is 0 Å². The average molecular weight is 362 g/mol. The molecule has 1 saturated heterocycles. The maximum atomic E-state index is 4.65. The van der Waals surface area contributed by atoms with Gasteiger partial charge >= 0.3 is 0 Å². The van der Waals surface area contributed by atoms with Crippen LogP contribution in [0.15, 0.2) is 34.9 Å². The molecule has 1 unspecified atom stereocenters. The van der Waals surface area contributed by atoms with Gasteiger partial charge in [0.2, 0.25) is 5.95 Å². The van der Waals surface area contributed by atoms with Gasteiger partial charge in [-0.1, -0.05) is 19.1 Å². The van der Waals surface area contributed by atoms with E-state index in [-0.39, 0.29) is 0 Å². The van der Waals surface area contributed by atoms with Crippen LogP contribution >= 0.6 is 15.9 Å². The van der Waals surface area contributed by atoms with E-state index in [0.717, 1.165) is 34.9 Å². The Bertz CT molecular complexity index is 633. The number of rotatable bonds is 4. The van der Waals surface area contributed by atoms with Gasteiger partial charge in [-0.05, 0) is 53.7 Å². The van der Waals surface area contributed by atoms with E-state index in [2.05, 4.69) is 48.3 Å². The van der Waals surface area contributed by atoms with Gasteiger partial charge in [0.1, 0.15) is 0 Å². The molecule has 0 aliphatic carbocycles. The molecular weight excluding hydrogens is 342 g/mol. The van der Waals surface area contributed by atoms with Crippen LogP contribution in [0.25, 0.3) is 0 Å². The summed E-state index contributed by atoms with van der Waals surface area (Å²) in [5.74, 6) is 1.45. The summed E-state index contributed by atoms with van der Waals surface area (Å²) in [6, 6.07) is 8.49. The molecule has 1 aliphatic heterocycles. The van der Waals surface area contributed by atoms with Crippen LogP contribution in [0, 0.1) is 0 Å². The lowest BCUT2D eigenvalue weighted by atomic mass is 10.0. The van der Waals surface area contributed by atoms with E-state index in [1.54, 1.807) is 6.20 Å². The molecule has 116 valence electrons. The summed E-state index contributed by atoms with van der Waals surface area (Å²) in [6.07, 6.45) is 6.47. The lowest BCUT2D eigenvalue weighted by Crippen LogP contribution is -2.40. The lowest BCUT2D eigenvalue weighted by Gasteiger charge is -2.34. The van der Waals surface area contributed by atoms with Gasteiger partial charge in [-0.3, -0.25) is 0 Å². The SMILES string of the molecule is CCC1CCCCN1c1nncc(Nc2ccccc2Br)n1. The van der Waals surface area contributed by atoms with E-state index in [9.17, 15) is 0 Å². The average Bonchev–Trinajstić information content (AvgIpc) is 2.57. The van der Waals surface area contributed by atoms with E-state index in [1.165, 1.54) is 19.3 Å². The van der Waals surface area contributed by atoms with Gasteiger partial charge in [0, 0.05) is 17.1 Å². The third-order valence-corrected chi connectivity index (χ3v) is 4.73. The molecule has 0 bridgehead atoms. The highest BCUT2D eigenvalue weighted by atomic mass is 79.9. The number of halogens is 1. The van der Waals surface area contributed by atoms with Crippen molar-refractivity contribution in [2.24, 2.45) is 0 Å². The first-order valence-corrected chi connectivity index (χ1v) is 8.55. The molecule has 0 amide bonds. The number of nitrogens with one attached hydrogen (secondary N) is 1. The zero-order valence-corrected chi connectivity index (χ0v) is 14.3. The Morgan fingerprint density at radius 1 is 1.32 bits per heavy atom. The smallest absolute Gasteiger partial charge is 0.247 e. The Morgan fingerprint density at radius 2 is 2.18 bits per heavy atom. The number of nitrogens with zero attached hydrogens (tertiary/aromatic N) is 4. The summed E-state index contributed by atoms with van der Waals surface area (Å²) in [7, 11) is 0. The number of hydrogen-bond donors (Lipinski definition) is 1. The molecule has 2 heterocycles. The van der Waals surface area contributed by atoms with Gasteiger partial charge in [0.25, 0.3) is 0 Å². The fraction of sp³-hybridized carbons (Fsp3) is 0.438. The molecule has 0 spiro atoms. The minimum atomic E-state index is 0.522. The van der Waals surface area contributed by atoms with Crippen LogP contribution in [-0.2, 0) is 0 Å². The van der Waals surface area contributed by atoms with Crippen LogP contribution in [0.3, 0.4) is 0 Å². The second kappa shape index (κ2) is 7.05. The topological polar surface area (TPSA) is 53.9 Å². The molecule has 5 nitrogen and oxygen atoms in total. The Morgan fingerprint density at radius 3 is 3.00 bits per heavy atom. The summed E-state index contributed by atoms with van der Waals surface area (Å²) in [5, 5.41) is 11.7. The molecule has 1 fully saturated rings. The summed E-state index contributed by atoms with van der Waals surface area (Å²) < 4.78 is 1.000. The van der Waals surface area contributed by atoms with Crippen molar-refractivity contribution in [2.45, 2.75) is 38.6 Å². The fourth-order valence-electron chi connectivity index (χ4n) is 2.86. The van der Waals surface area contributed by atoms with Crippen LogP contribution in [0.1, 0.15) is 32.6 Å². The Balaban J connectivity index is 1.82. The summed E-state index contributed by atoms with van der Waals surface area (Å²) in [5.41, 5.74) is 0.972. The van der Waals surface area contributed by atoms with Crippen LogP contribution in [-0.4, -0.2) is 27.8 Å². The molecule has 1 atom stereocenters. The maximum Gasteiger partial charge on any atom is 0.247 e. The van der Waals surface area contributed by atoms with Gasteiger partial charge in [-0.2, -0.15) is 10.1 Å². The Labute approximate surface area is 139 Å². The van der Waals surface area contributed by atoms with E-state index in [4.69, 9.17) is 0 Å². The second-order valence-electron chi connectivity index (χ2n) is 5.50. The van der Waals surface area contributed by atoms with Gasteiger partial charge in [-0.15, -0.1) is 5.10 Å². The summed E-state index contributed by atoms with van der Waals surface area (Å²) in [6.45, 7) is 3.23. The molecule has 0 saturated carbocycles. The van der Waals surface area contributed by atoms with Gasteiger partial charge in [0.05, 0.1) is 11.9 Å². The van der Waals surface area contributed by atoms with Gasteiger partial charge < -0.3 is 10.2 Å². The fourth-order valence-corrected chi connectivity index (χ4v) is 3.25. The first kappa shape index (κ1) is 15.2. The monoisotopic (exact) mass is 361 g/mol. The predicted molar refractivity (Wildman–Crippen MR) is 92.5 cm³/mol. The third-order valence-electron chi connectivity index (χ3n) is 4.04. The molecular formula is C16H20BrN5. The first-order chi connectivity index (χ1) is 10.8. The highest BCUT2D eigenvalue weighted by molar-refractivity contribution is 9.10. The quantitative estimate of drug-likeness (QED) is 0.886. The molecule has 1 aromatic carbocycles. The minimum Gasteiger partial charge on any atom is -0.338 e. The molecule has 0 radical (unpaired) electrons. The van der Waals surface area contributed by atoms with E-state index in [0.29, 0.717) is 6.04 Å². The number of benzene rings is 1. The number of piperidine rings is 1. The van der Waals surface area contributed by atoms with Crippen molar-refractivity contribution in [3.8, 4) is 0 Å². The number of para-hydroxylation sites is 1. The molecule has 1 N–H and O–H groups in total. The van der Waals surface area contributed by atoms with Crippen LogP contribution in [0.5, 0.6) is 0 Å². The zero-order valence-electron chi connectivity index (χ0n) is 12.7. The van der Waals surface area contributed by atoms with Crippen LogP contribution in [0.2, 0.25) is 0 Å². The van der Waals surface area contributed by atoms with Crippen molar-refractivity contribution < 1.29 is 0 Å². The third kappa shape index (κ3) is 3.38. The number of anilines is 3. The molecule has 1 aromatic heterocycles. The Kier molecular flexibility index (Phi) is 4.87. The maximum absolute atomic E-state index is 4.65. The summed E-state index contributed by atoms with van der Waals surface area (Å²) >= 11 is 3.53.